The van der Waals surface area contributed by atoms with Crippen molar-refractivity contribution in [2.24, 2.45) is 10.8 Å². The first-order valence-corrected chi connectivity index (χ1v) is 9.76. The quantitative estimate of drug-likeness (QED) is 0.779. The van der Waals surface area contributed by atoms with E-state index in [0.717, 1.165) is 0 Å². The van der Waals surface area contributed by atoms with Crippen molar-refractivity contribution < 1.29 is 9.53 Å². The Morgan fingerprint density at radius 3 is 2.06 bits per heavy atom. The zero-order chi connectivity index (χ0) is 13.1. The number of aliphatic hydroxyl groups excluding tert-OH is 1. The molecular weight excluding hydrogens is 228 g/mol. The minimum absolute atomic E-state index is 0.291. The molecule has 3 aliphatic carbocycles. The van der Waals surface area contributed by atoms with Gasteiger partial charge in [0.2, 0.25) is 0 Å². The van der Waals surface area contributed by atoms with Crippen molar-refractivity contribution in [2.45, 2.75) is 71.2 Å². The van der Waals surface area contributed by atoms with E-state index < -0.39 is 8.32 Å². The molecule has 0 amide bonds. The van der Waals surface area contributed by atoms with Crippen LogP contribution < -0.4 is 0 Å². The lowest BCUT2D eigenvalue weighted by Crippen LogP contribution is -2.69. The van der Waals surface area contributed by atoms with Crippen LogP contribution in [0.1, 0.15) is 47.0 Å². The molecule has 0 spiro atoms. The van der Waals surface area contributed by atoms with E-state index in [9.17, 15) is 5.11 Å². The fraction of sp³-hybridized carbons (Fsp3) is 1.00. The van der Waals surface area contributed by atoms with Crippen LogP contribution in [-0.2, 0) is 4.43 Å². The standard InChI is InChI=1S/C14H28O2Si/c1-11(16-17(5,6)12(2,3)4)14-7-13(8-14,9-14)10-15/h11,15H,7-10H2,1-6H3. The highest BCUT2D eigenvalue weighted by atomic mass is 28.4. The molecular formula is C14H28O2Si. The van der Waals surface area contributed by atoms with E-state index in [1.807, 2.05) is 0 Å². The molecule has 17 heavy (non-hydrogen) atoms. The molecule has 3 heteroatoms. The van der Waals surface area contributed by atoms with E-state index in [0.29, 0.717) is 28.6 Å². The van der Waals surface area contributed by atoms with Crippen LogP contribution in [0, 0.1) is 10.8 Å². The maximum Gasteiger partial charge on any atom is 0.192 e. The highest BCUT2D eigenvalue weighted by molar-refractivity contribution is 6.74. The lowest BCUT2D eigenvalue weighted by molar-refractivity contribution is -0.260. The maximum atomic E-state index is 9.31. The monoisotopic (exact) mass is 256 g/mol. The van der Waals surface area contributed by atoms with E-state index in [1.54, 1.807) is 0 Å². The van der Waals surface area contributed by atoms with Crippen LogP contribution >= 0.6 is 0 Å². The summed E-state index contributed by atoms with van der Waals surface area (Å²) >= 11 is 0. The van der Waals surface area contributed by atoms with Crippen molar-refractivity contribution in [3.8, 4) is 0 Å². The van der Waals surface area contributed by atoms with Gasteiger partial charge in [-0.25, -0.2) is 0 Å². The van der Waals surface area contributed by atoms with E-state index >= 15 is 0 Å². The fourth-order valence-electron chi connectivity index (χ4n) is 3.43. The predicted octanol–water partition coefficient (Wildman–Crippen LogP) is 3.56. The first-order chi connectivity index (χ1) is 7.56. The van der Waals surface area contributed by atoms with Gasteiger partial charge in [-0.15, -0.1) is 0 Å². The summed E-state index contributed by atoms with van der Waals surface area (Å²) in [5.41, 5.74) is 0.712. The first-order valence-electron chi connectivity index (χ1n) is 6.85. The summed E-state index contributed by atoms with van der Waals surface area (Å²) in [6, 6.07) is 0. The van der Waals surface area contributed by atoms with Crippen LogP contribution in [0.2, 0.25) is 18.1 Å². The van der Waals surface area contributed by atoms with Crippen LogP contribution in [-0.4, -0.2) is 26.1 Å². The minimum atomic E-state index is -1.63. The van der Waals surface area contributed by atoms with Crippen molar-refractivity contribution in [3.63, 3.8) is 0 Å². The average Bonchev–Trinajstić information content (AvgIpc) is 1.96. The Balaban J connectivity index is 1.94. The minimum Gasteiger partial charge on any atom is -0.414 e. The first kappa shape index (κ1) is 13.6. The van der Waals surface area contributed by atoms with Crippen LogP contribution in [0.4, 0.5) is 0 Å². The summed E-state index contributed by atoms with van der Waals surface area (Å²) in [6.07, 6.45) is 3.93. The average molecular weight is 256 g/mol. The summed E-state index contributed by atoms with van der Waals surface area (Å²) in [7, 11) is -1.63. The molecule has 100 valence electrons. The molecule has 0 aromatic heterocycles. The molecule has 0 heterocycles. The normalized spacial score (nSPS) is 38.3. The Labute approximate surface area is 107 Å². The topological polar surface area (TPSA) is 29.5 Å². The second-order valence-corrected chi connectivity index (χ2v) is 12.8. The third-order valence-electron chi connectivity index (χ3n) is 5.66. The zero-order valence-electron chi connectivity index (χ0n) is 12.3. The van der Waals surface area contributed by atoms with Gasteiger partial charge in [-0.05, 0) is 55.1 Å². The molecule has 1 N–H and O–H groups in total. The Kier molecular flexibility index (Phi) is 2.86. The zero-order valence-corrected chi connectivity index (χ0v) is 13.3. The third kappa shape index (κ3) is 1.91. The van der Waals surface area contributed by atoms with Crippen LogP contribution in [0.3, 0.4) is 0 Å². The van der Waals surface area contributed by atoms with Crippen LogP contribution in [0.15, 0.2) is 0 Å². The van der Waals surface area contributed by atoms with Gasteiger partial charge < -0.3 is 9.53 Å². The molecule has 2 bridgehead atoms. The van der Waals surface area contributed by atoms with E-state index in [4.69, 9.17) is 4.43 Å². The number of aliphatic hydroxyl groups is 1. The van der Waals surface area contributed by atoms with Crippen molar-refractivity contribution in [1.29, 1.82) is 0 Å². The molecule has 0 radical (unpaired) electrons. The Hall–Kier alpha value is 0.137. The second-order valence-electron chi connectivity index (χ2n) is 8.07. The highest BCUT2D eigenvalue weighted by Crippen LogP contribution is 2.75. The predicted molar refractivity (Wildman–Crippen MR) is 73.5 cm³/mol. The van der Waals surface area contributed by atoms with Crippen molar-refractivity contribution in [2.75, 3.05) is 6.61 Å². The SMILES string of the molecule is CC(O[Si](C)(C)C(C)(C)C)C12CC(CO)(C1)C2. The summed E-state index contributed by atoms with van der Waals surface area (Å²) in [6.45, 7) is 14.2. The molecule has 0 aromatic rings. The smallest absolute Gasteiger partial charge is 0.192 e. The summed E-state index contributed by atoms with van der Waals surface area (Å²) in [4.78, 5) is 0. The Morgan fingerprint density at radius 1 is 1.24 bits per heavy atom. The summed E-state index contributed by atoms with van der Waals surface area (Å²) in [5.74, 6) is 0. The van der Waals surface area contributed by atoms with Crippen molar-refractivity contribution in [3.05, 3.63) is 0 Å². The van der Waals surface area contributed by atoms with Crippen molar-refractivity contribution >= 4 is 8.32 Å². The molecule has 0 aromatic carbocycles. The largest absolute Gasteiger partial charge is 0.414 e. The van der Waals surface area contributed by atoms with Gasteiger partial charge in [0.15, 0.2) is 8.32 Å². The molecule has 3 aliphatic rings. The maximum absolute atomic E-state index is 9.31. The van der Waals surface area contributed by atoms with E-state index in [-0.39, 0.29) is 0 Å². The molecule has 3 rings (SSSR count). The summed E-state index contributed by atoms with van der Waals surface area (Å²) < 4.78 is 6.49. The fourth-order valence-corrected chi connectivity index (χ4v) is 4.92. The molecule has 1 atom stereocenters. The number of hydrogen-bond donors (Lipinski definition) is 1. The van der Waals surface area contributed by atoms with Gasteiger partial charge in [0.1, 0.15) is 0 Å². The molecule has 2 nitrogen and oxygen atoms in total. The van der Waals surface area contributed by atoms with Gasteiger partial charge in [0.25, 0.3) is 0 Å². The van der Waals surface area contributed by atoms with Gasteiger partial charge in [-0.1, -0.05) is 20.8 Å². The van der Waals surface area contributed by atoms with Gasteiger partial charge in [0, 0.05) is 12.7 Å². The molecule has 3 fully saturated rings. The van der Waals surface area contributed by atoms with Gasteiger partial charge in [-0.2, -0.15) is 0 Å². The third-order valence-corrected chi connectivity index (χ3v) is 10.2. The molecule has 1 unspecified atom stereocenters. The van der Waals surface area contributed by atoms with Crippen LogP contribution in [0.5, 0.6) is 0 Å². The van der Waals surface area contributed by atoms with Crippen LogP contribution in [0.25, 0.3) is 0 Å². The highest BCUT2D eigenvalue weighted by Gasteiger charge is 2.69. The number of hydrogen-bond acceptors (Lipinski definition) is 2. The van der Waals surface area contributed by atoms with Gasteiger partial charge >= 0.3 is 0 Å². The Bertz CT molecular complexity index is 297. The van der Waals surface area contributed by atoms with Gasteiger partial charge in [0.05, 0.1) is 0 Å². The van der Waals surface area contributed by atoms with Gasteiger partial charge in [-0.3, -0.25) is 0 Å². The number of rotatable bonds is 4. The molecule has 3 saturated carbocycles. The lowest BCUT2D eigenvalue weighted by atomic mass is 9.34. The van der Waals surface area contributed by atoms with Crippen molar-refractivity contribution in [1.82, 2.24) is 0 Å². The summed E-state index contributed by atoms with van der Waals surface area (Å²) in [5, 5.41) is 9.60. The molecule has 0 aliphatic heterocycles. The van der Waals surface area contributed by atoms with E-state index in [1.165, 1.54) is 19.3 Å². The Morgan fingerprint density at radius 2 is 1.71 bits per heavy atom. The van der Waals surface area contributed by atoms with E-state index in [2.05, 4.69) is 40.8 Å². The lowest BCUT2D eigenvalue weighted by Gasteiger charge is -2.73. The second kappa shape index (κ2) is 3.58. The molecule has 0 saturated heterocycles.